The molecule has 9 heteroatoms. The molecule has 0 aliphatic heterocycles. The van der Waals surface area contributed by atoms with Crippen molar-refractivity contribution in [3.8, 4) is 5.88 Å². The second-order valence-corrected chi connectivity index (χ2v) is 7.71. The average molecular weight is 504 g/mol. The molecule has 2 rings (SSSR count). The van der Waals surface area contributed by atoms with E-state index in [4.69, 9.17) is 4.74 Å². The van der Waals surface area contributed by atoms with Crippen LogP contribution in [0.2, 0.25) is 0 Å². The van der Waals surface area contributed by atoms with E-state index in [1.807, 2.05) is 24.3 Å². The average Bonchev–Trinajstić information content (AvgIpc) is 2.64. The molecule has 0 saturated carbocycles. The Morgan fingerprint density at radius 3 is 2.48 bits per heavy atom. The van der Waals surface area contributed by atoms with Gasteiger partial charge in [0, 0.05) is 38.2 Å². The molecule has 0 fully saturated rings. The van der Waals surface area contributed by atoms with Gasteiger partial charge in [-0.3, -0.25) is 4.99 Å². The third-order valence-electron chi connectivity index (χ3n) is 3.77. The third kappa shape index (κ3) is 7.33. The zero-order valence-electron chi connectivity index (χ0n) is 15.6. The van der Waals surface area contributed by atoms with Crippen molar-refractivity contribution in [2.24, 2.45) is 4.99 Å². The van der Waals surface area contributed by atoms with Gasteiger partial charge >= 0.3 is 0 Å². The van der Waals surface area contributed by atoms with Crippen LogP contribution in [0.3, 0.4) is 0 Å². The van der Waals surface area contributed by atoms with Gasteiger partial charge in [-0.05, 0) is 30.2 Å². The van der Waals surface area contributed by atoms with Gasteiger partial charge in [0.15, 0.2) is 15.8 Å². The molecule has 7 nitrogen and oxygen atoms in total. The molecule has 0 unspecified atom stereocenters. The minimum Gasteiger partial charge on any atom is -0.481 e. The topological polar surface area (TPSA) is 92.7 Å². The lowest BCUT2D eigenvalue weighted by molar-refractivity contribution is 0.392. The zero-order valence-corrected chi connectivity index (χ0v) is 18.7. The summed E-state index contributed by atoms with van der Waals surface area (Å²) in [6.07, 6.45) is 3.64. The van der Waals surface area contributed by atoms with Crippen molar-refractivity contribution in [1.29, 1.82) is 0 Å². The monoisotopic (exact) mass is 504 g/mol. The van der Waals surface area contributed by atoms with Crippen molar-refractivity contribution in [2.45, 2.75) is 17.9 Å². The first-order valence-electron chi connectivity index (χ1n) is 8.15. The SMILES string of the molecule is CN=C(NCCc1ccc(S(C)(=O)=O)cc1)NCc1cccnc1OC.I. The molecule has 0 radical (unpaired) electrons. The van der Waals surface area contributed by atoms with Crippen molar-refractivity contribution in [3.63, 3.8) is 0 Å². The van der Waals surface area contributed by atoms with Crippen LogP contribution in [0.4, 0.5) is 0 Å². The maximum Gasteiger partial charge on any atom is 0.218 e. The molecule has 2 N–H and O–H groups in total. The third-order valence-corrected chi connectivity index (χ3v) is 4.90. The molecular weight excluding hydrogens is 479 g/mol. The van der Waals surface area contributed by atoms with Crippen LogP contribution >= 0.6 is 24.0 Å². The number of aliphatic imine (C=N–C) groups is 1. The lowest BCUT2D eigenvalue weighted by Gasteiger charge is -2.13. The number of halogens is 1. The van der Waals surface area contributed by atoms with Gasteiger partial charge in [-0.25, -0.2) is 13.4 Å². The lowest BCUT2D eigenvalue weighted by atomic mass is 10.1. The first-order valence-corrected chi connectivity index (χ1v) is 10.0. The number of nitrogens with zero attached hydrogens (tertiary/aromatic N) is 2. The molecule has 2 aromatic rings. The number of sulfone groups is 1. The van der Waals surface area contributed by atoms with Crippen LogP contribution in [-0.4, -0.2) is 46.3 Å². The van der Waals surface area contributed by atoms with Crippen LogP contribution in [-0.2, 0) is 22.8 Å². The molecule has 1 heterocycles. The van der Waals surface area contributed by atoms with Gasteiger partial charge in [-0.2, -0.15) is 0 Å². The van der Waals surface area contributed by atoms with Crippen LogP contribution < -0.4 is 15.4 Å². The number of hydrogen-bond acceptors (Lipinski definition) is 5. The van der Waals surface area contributed by atoms with Gasteiger partial charge in [0.25, 0.3) is 0 Å². The summed E-state index contributed by atoms with van der Waals surface area (Å²) in [5.41, 5.74) is 1.99. The van der Waals surface area contributed by atoms with E-state index in [0.717, 1.165) is 17.5 Å². The minimum absolute atomic E-state index is 0. The molecule has 0 aliphatic rings. The zero-order chi connectivity index (χ0) is 19.0. The summed E-state index contributed by atoms with van der Waals surface area (Å²) in [5, 5.41) is 6.45. The number of rotatable bonds is 7. The summed E-state index contributed by atoms with van der Waals surface area (Å²) in [6.45, 7) is 1.21. The fourth-order valence-electron chi connectivity index (χ4n) is 2.37. The fourth-order valence-corrected chi connectivity index (χ4v) is 3.00. The summed E-state index contributed by atoms with van der Waals surface area (Å²) in [5.74, 6) is 1.25. The van der Waals surface area contributed by atoms with Crippen LogP contribution in [0.15, 0.2) is 52.5 Å². The van der Waals surface area contributed by atoms with Crippen LogP contribution in [0.25, 0.3) is 0 Å². The summed E-state index contributed by atoms with van der Waals surface area (Å²) in [4.78, 5) is 8.68. The Balaban J connectivity index is 0.00000364. The van der Waals surface area contributed by atoms with Crippen LogP contribution in [0, 0.1) is 0 Å². The van der Waals surface area contributed by atoms with Gasteiger partial charge in [0.05, 0.1) is 12.0 Å². The first-order chi connectivity index (χ1) is 12.4. The molecule has 1 aromatic carbocycles. The highest BCUT2D eigenvalue weighted by Crippen LogP contribution is 2.13. The van der Waals surface area contributed by atoms with Gasteiger partial charge < -0.3 is 15.4 Å². The van der Waals surface area contributed by atoms with E-state index >= 15 is 0 Å². The molecular formula is C18H25IN4O3S. The van der Waals surface area contributed by atoms with E-state index in [1.54, 1.807) is 32.5 Å². The highest BCUT2D eigenvalue weighted by atomic mass is 127. The van der Waals surface area contributed by atoms with Gasteiger partial charge in [0.1, 0.15) is 0 Å². The number of hydrogen-bond donors (Lipinski definition) is 2. The number of methoxy groups -OCH3 is 1. The molecule has 0 aliphatic carbocycles. The Morgan fingerprint density at radius 1 is 1.19 bits per heavy atom. The second kappa shape index (κ2) is 11.1. The molecule has 0 bridgehead atoms. The van der Waals surface area contributed by atoms with Crippen molar-refractivity contribution in [3.05, 3.63) is 53.7 Å². The summed E-state index contributed by atoms with van der Waals surface area (Å²) in [7, 11) is 0.139. The fraction of sp³-hybridized carbons (Fsp3) is 0.333. The Kier molecular flexibility index (Phi) is 9.50. The Labute approximate surface area is 177 Å². The van der Waals surface area contributed by atoms with E-state index in [2.05, 4.69) is 20.6 Å². The predicted octanol–water partition coefficient (Wildman–Crippen LogP) is 2.02. The summed E-state index contributed by atoms with van der Waals surface area (Å²) in [6, 6.07) is 10.7. The van der Waals surface area contributed by atoms with Crippen molar-refractivity contribution in [2.75, 3.05) is 27.0 Å². The van der Waals surface area contributed by atoms with E-state index in [9.17, 15) is 8.42 Å². The highest BCUT2D eigenvalue weighted by Gasteiger charge is 2.07. The van der Waals surface area contributed by atoms with Crippen molar-refractivity contribution >= 4 is 39.8 Å². The normalized spacial score (nSPS) is 11.4. The number of pyridine rings is 1. The van der Waals surface area contributed by atoms with Gasteiger partial charge in [0.2, 0.25) is 5.88 Å². The van der Waals surface area contributed by atoms with Crippen molar-refractivity contribution < 1.29 is 13.2 Å². The number of aromatic nitrogens is 1. The highest BCUT2D eigenvalue weighted by molar-refractivity contribution is 14.0. The smallest absolute Gasteiger partial charge is 0.218 e. The van der Waals surface area contributed by atoms with E-state index in [1.165, 1.54) is 6.26 Å². The number of ether oxygens (including phenoxy) is 1. The number of benzene rings is 1. The number of nitrogens with one attached hydrogen (secondary N) is 2. The second-order valence-electron chi connectivity index (χ2n) is 5.69. The number of guanidine groups is 1. The molecule has 0 spiro atoms. The Morgan fingerprint density at radius 2 is 1.89 bits per heavy atom. The molecule has 1 aromatic heterocycles. The van der Waals surface area contributed by atoms with Gasteiger partial charge in [-0.15, -0.1) is 24.0 Å². The van der Waals surface area contributed by atoms with Crippen molar-refractivity contribution in [1.82, 2.24) is 15.6 Å². The first kappa shape index (κ1) is 23.2. The Bertz CT molecular complexity index is 855. The molecule has 0 amide bonds. The van der Waals surface area contributed by atoms with Gasteiger partial charge in [-0.1, -0.05) is 18.2 Å². The summed E-state index contributed by atoms with van der Waals surface area (Å²) < 4.78 is 28.2. The lowest BCUT2D eigenvalue weighted by Crippen LogP contribution is -2.37. The van der Waals surface area contributed by atoms with E-state index < -0.39 is 9.84 Å². The summed E-state index contributed by atoms with van der Waals surface area (Å²) >= 11 is 0. The molecule has 0 atom stereocenters. The maximum atomic E-state index is 11.5. The van der Waals surface area contributed by atoms with E-state index in [-0.39, 0.29) is 24.0 Å². The van der Waals surface area contributed by atoms with E-state index in [0.29, 0.717) is 29.8 Å². The Hall–Kier alpha value is -1.88. The largest absolute Gasteiger partial charge is 0.481 e. The maximum absolute atomic E-state index is 11.5. The quantitative estimate of drug-likeness (QED) is 0.341. The van der Waals surface area contributed by atoms with Crippen LogP contribution in [0.1, 0.15) is 11.1 Å². The molecule has 148 valence electrons. The predicted molar refractivity (Wildman–Crippen MR) is 118 cm³/mol. The van der Waals surface area contributed by atoms with Crippen LogP contribution in [0.5, 0.6) is 5.88 Å². The molecule has 27 heavy (non-hydrogen) atoms. The molecule has 0 saturated heterocycles. The standard InChI is InChI=1S/C18H24N4O3S.HI/c1-19-18(22-13-15-5-4-11-20-17(15)25-2)21-12-10-14-6-8-16(9-7-14)26(3,23)24;/h4-9,11H,10,12-13H2,1-3H3,(H2,19,21,22);1H. The minimum atomic E-state index is -3.16.